The lowest BCUT2D eigenvalue weighted by Crippen LogP contribution is -2.35. The molecule has 1 aliphatic carbocycles. The number of rotatable bonds is 4. The molecule has 0 aromatic heterocycles. The molecule has 1 rings (SSSR count). The van der Waals surface area contributed by atoms with Crippen molar-refractivity contribution in [3.63, 3.8) is 0 Å². The molecule has 1 aliphatic rings. The number of hydrogen-bond donors (Lipinski definition) is 0. The largest absolute Gasteiger partial charge is 0.344 e. The van der Waals surface area contributed by atoms with Crippen molar-refractivity contribution in [2.24, 2.45) is 5.92 Å². The average molecular weight is 227 g/mol. The van der Waals surface area contributed by atoms with Crippen LogP contribution in [0.1, 0.15) is 59.8 Å². The SMILES string of the molecule is CC(C)N(/C(F)=C\C1CCCCC1)C(C)C. The molecule has 0 atom stereocenters. The second-order valence-corrected chi connectivity index (χ2v) is 5.48. The first-order chi connectivity index (χ1) is 7.52. The molecule has 94 valence electrons. The summed E-state index contributed by atoms with van der Waals surface area (Å²) in [6.07, 6.45) is 8.04. The summed E-state index contributed by atoms with van der Waals surface area (Å²) in [6.45, 7) is 8.20. The second kappa shape index (κ2) is 6.27. The highest BCUT2D eigenvalue weighted by Gasteiger charge is 2.19. The van der Waals surface area contributed by atoms with Crippen LogP contribution in [-0.2, 0) is 0 Å². The quantitative estimate of drug-likeness (QED) is 0.639. The fourth-order valence-electron chi connectivity index (χ4n) is 2.67. The van der Waals surface area contributed by atoms with Crippen molar-refractivity contribution in [1.29, 1.82) is 0 Å². The third-order valence-electron chi connectivity index (χ3n) is 3.38. The number of hydrogen-bond acceptors (Lipinski definition) is 1. The molecule has 0 amide bonds. The van der Waals surface area contributed by atoms with E-state index in [1.807, 2.05) is 38.7 Å². The minimum Gasteiger partial charge on any atom is -0.344 e. The zero-order valence-electron chi connectivity index (χ0n) is 11.2. The van der Waals surface area contributed by atoms with Gasteiger partial charge in [0.05, 0.1) is 0 Å². The lowest BCUT2D eigenvalue weighted by atomic mass is 9.89. The first kappa shape index (κ1) is 13.5. The molecule has 0 aromatic rings. The van der Waals surface area contributed by atoms with E-state index in [-0.39, 0.29) is 18.0 Å². The molecule has 1 saturated carbocycles. The zero-order chi connectivity index (χ0) is 12.1. The Morgan fingerprint density at radius 2 is 1.56 bits per heavy atom. The van der Waals surface area contributed by atoms with Crippen LogP contribution in [0.4, 0.5) is 4.39 Å². The lowest BCUT2D eigenvalue weighted by Gasteiger charge is -2.32. The Labute approximate surface area is 99.7 Å². The first-order valence-electron chi connectivity index (χ1n) is 6.68. The standard InChI is InChI=1S/C14H26FN/c1-11(2)16(12(3)4)14(15)10-13-8-6-5-7-9-13/h10-13H,5-9H2,1-4H3/b14-10-. The van der Waals surface area contributed by atoms with Gasteiger partial charge in [-0.25, -0.2) is 0 Å². The highest BCUT2D eigenvalue weighted by atomic mass is 19.1. The van der Waals surface area contributed by atoms with Crippen LogP contribution in [0, 0.1) is 5.92 Å². The molecule has 2 heteroatoms. The minimum absolute atomic E-state index is 0.0168. The van der Waals surface area contributed by atoms with Crippen molar-refractivity contribution >= 4 is 0 Å². The molecular weight excluding hydrogens is 201 g/mol. The highest BCUT2D eigenvalue weighted by Crippen LogP contribution is 2.27. The maximum absolute atomic E-state index is 14.1. The fraction of sp³-hybridized carbons (Fsp3) is 0.857. The van der Waals surface area contributed by atoms with Crippen LogP contribution >= 0.6 is 0 Å². The third-order valence-corrected chi connectivity index (χ3v) is 3.38. The van der Waals surface area contributed by atoms with Gasteiger partial charge >= 0.3 is 0 Å². The summed E-state index contributed by atoms with van der Waals surface area (Å²) in [7, 11) is 0. The van der Waals surface area contributed by atoms with Gasteiger partial charge in [-0.15, -0.1) is 0 Å². The van der Waals surface area contributed by atoms with Crippen LogP contribution in [-0.4, -0.2) is 17.0 Å². The summed E-state index contributed by atoms with van der Waals surface area (Å²) in [5.41, 5.74) is 0. The molecule has 0 radical (unpaired) electrons. The van der Waals surface area contributed by atoms with Crippen LogP contribution in [0.3, 0.4) is 0 Å². The van der Waals surface area contributed by atoms with Gasteiger partial charge in [0.25, 0.3) is 0 Å². The van der Waals surface area contributed by atoms with Crippen LogP contribution in [0.15, 0.2) is 12.0 Å². The Morgan fingerprint density at radius 3 is 2.00 bits per heavy atom. The normalized spacial score (nSPS) is 19.6. The zero-order valence-corrected chi connectivity index (χ0v) is 11.2. The topological polar surface area (TPSA) is 3.24 Å². The van der Waals surface area contributed by atoms with E-state index in [2.05, 4.69) is 0 Å². The van der Waals surface area contributed by atoms with E-state index in [0.717, 1.165) is 12.8 Å². The molecule has 1 nitrogen and oxygen atoms in total. The monoisotopic (exact) mass is 227 g/mol. The predicted octanol–water partition coefficient (Wildman–Crippen LogP) is 4.50. The fourth-order valence-corrected chi connectivity index (χ4v) is 2.67. The van der Waals surface area contributed by atoms with E-state index in [1.165, 1.54) is 19.3 Å². The smallest absolute Gasteiger partial charge is 0.186 e. The average Bonchev–Trinajstić information content (AvgIpc) is 2.17. The predicted molar refractivity (Wildman–Crippen MR) is 67.9 cm³/mol. The molecule has 0 bridgehead atoms. The summed E-state index contributed by atoms with van der Waals surface area (Å²) in [4.78, 5) is 1.87. The van der Waals surface area contributed by atoms with Crippen molar-refractivity contribution < 1.29 is 4.39 Å². The molecule has 0 aliphatic heterocycles. The highest BCUT2D eigenvalue weighted by molar-refractivity contribution is 4.99. The van der Waals surface area contributed by atoms with E-state index in [9.17, 15) is 4.39 Å². The number of halogens is 1. The molecule has 0 N–H and O–H groups in total. The van der Waals surface area contributed by atoms with Crippen molar-refractivity contribution in [1.82, 2.24) is 4.90 Å². The Morgan fingerprint density at radius 1 is 1.06 bits per heavy atom. The second-order valence-electron chi connectivity index (χ2n) is 5.48. The van der Waals surface area contributed by atoms with E-state index in [1.54, 1.807) is 0 Å². The summed E-state index contributed by atoms with van der Waals surface area (Å²) in [5.74, 6) is 0.450. The van der Waals surface area contributed by atoms with E-state index >= 15 is 0 Å². The Kier molecular flexibility index (Phi) is 5.30. The maximum Gasteiger partial charge on any atom is 0.186 e. The number of nitrogens with zero attached hydrogens (tertiary/aromatic N) is 1. The van der Waals surface area contributed by atoms with Gasteiger partial charge < -0.3 is 4.90 Å². The molecular formula is C14H26FN. The van der Waals surface area contributed by atoms with Gasteiger partial charge in [-0.2, -0.15) is 4.39 Å². The van der Waals surface area contributed by atoms with Crippen molar-refractivity contribution in [2.75, 3.05) is 0 Å². The van der Waals surface area contributed by atoms with Gasteiger partial charge in [0.2, 0.25) is 0 Å². The Hall–Kier alpha value is -0.530. The molecule has 1 fully saturated rings. The molecule has 0 saturated heterocycles. The summed E-state index contributed by atoms with van der Waals surface area (Å²) in [6, 6.07) is 0.472. The molecule has 0 spiro atoms. The summed E-state index contributed by atoms with van der Waals surface area (Å²) in [5, 5.41) is 0. The van der Waals surface area contributed by atoms with E-state index in [0.29, 0.717) is 5.92 Å². The van der Waals surface area contributed by atoms with Crippen molar-refractivity contribution in [3.05, 3.63) is 12.0 Å². The summed E-state index contributed by atoms with van der Waals surface area (Å²) >= 11 is 0. The van der Waals surface area contributed by atoms with E-state index in [4.69, 9.17) is 0 Å². The lowest BCUT2D eigenvalue weighted by molar-refractivity contribution is 0.176. The van der Waals surface area contributed by atoms with Crippen LogP contribution in [0.5, 0.6) is 0 Å². The van der Waals surface area contributed by atoms with Crippen molar-refractivity contribution in [2.45, 2.75) is 71.9 Å². The van der Waals surface area contributed by atoms with E-state index < -0.39 is 0 Å². The maximum atomic E-state index is 14.1. The summed E-state index contributed by atoms with van der Waals surface area (Å²) < 4.78 is 14.1. The molecule has 0 unspecified atom stereocenters. The molecule has 0 heterocycles. The minimum atomic E-state index is -0.0168. The molecule has 16 heavy (non-hydrogen) atoms. The van der Waals surface area contributed by atoms with Gasteiger partial charge in [0.15, 0.2) is 5.95 Å². The first-order valence-corrected chi connectivity index (χ1v) is 6.68. The van der Waals surface area contributed by atoms with Gasteiger partial charge in [-0.05, 0) is 52.5 Å². The van der Waals surface area contributed by atoms with Gasteiger partial charge in [-0.3, -0.25) is 0 Å². The van der Waals surface area contributed by atoms with Crippen LogP contribution < -0.4 is 0 Å². The van der Waals surface area contributed by atoms with Crippen molar-refractivity contribution in [3.8, 4) is 0 Å². The number of allylic oxidation sites excluding steroid dienone is 1. The Balaban J connectivity index is 2.64. The van der Waals surface area contributed by atoms with Gasteiger partial charge in [0.1, 0.15) is 0 Å². The van der Waals surface area contributed by atoms with Crippen LogP contribution in [0.25, 0.3) is 0 Å². The molecule has 0 aromatic carbocycles. The van der Waals surface area contributed by atoms with Gasteiger partial charge in [-0.1, -0.05) is 19.3 Å². The third kappa shape index (κ3) is 3.80. The van der Waals surface area contributed by atoms with Crippen LogP contribution in [0.2, 0.25) is 0 Å². The van der Waals surface area contributed by atoms with Gasteiger partial charge in [0, 0.05) is 12.1 Å². The Bertz CT molecular complexity index is 219.